The Kier molecular flexibility index (Phi) is 6.14. The van der Waals surface area contributed by atoms with Crippen LogP contribution in [0.3, 0.4) is 0 Å². The Morgan fingerprint density at radius 2 is 1.83 bits per heavy atom. The van der Waals surface area contributed by atoms with Crippen LogP contribution in [0, 0.1) is 0 Å². The Balaban J connectivity index is 2.34. The quantitative estimate of drug-likeness (QED) is 0.525. The lowest BCUT2D eigenvalue weighted by Crippen LogP contribution is -2.33. The van der Waals surface area contributed by atoms with Crippen LogP contribution < -0.4 is 5.73 Å². The molecule has 0 saturated heterocycles. The first kappa shape index (κ1) is 15.5. The average Bonchev–Trinajstić information content (AvgIpc) is 2.33. The van der Waals surface area contributed by atoms with E-state index >= 15 is 0 Å². The van der Waals surface area contributed by atoms with E-state index in [2.05, 4.69) is 12.6 Å². The van der Waals surface area contributed by atoms with Gasteiger partial charge in [-0.1, -0.05) is 30.3 Å². The fourth-order valence-electron chi connectivity index (χ4n) is 1.65. The molecule has 0 aliphatic heterocycles. The zero-order valence-electron chi connectivity index (χ0n) is 10.1. The highest BCUT2D eigenvalue weighted by molar-refractivity contribution is 7.85. The number of thiol groups is 1. The third-order valence-corrected chi connectivity index (χ3v) is 4.17. The molecule has 0 heterocycles. The molecule has 1 aromatic carbocycles. The second kappa shape index (κ2) is 7.13. The lowest BCUT2D eigenvalue weighted by molar-refractivity contribution is 0.474. The first-order valence-electron chi connectivity index (χ1n) is 5.81. The van der Waals surface area contributed by atoms with Crippen molar-refractivity contribution in [3.8, 4) is 0 Å². The molecule has 2 atom stereocenters. The molecule has 1 aromatic rings. The molecule has 102 valence electrons. The molecule has 0 radical (unpaired) electrons. The van der Waals surface area contributed by atoms with E-state index < -0.39 is 10.1 Å². The van der Waals surface area contributed by atoms with Crippen LogP contribution in [0.15, 0.2) is 30.3 Å². The fraction of sp³-hybridized carbons (Fsp3) is 0.500. The molecule has 0 amide bonds. The van der Waals surface area contributed by atoms with E-state index in [-0.39, 0.29) is 23.5 Å². The topological polar surface area (TPSA) is 80.4 Å². The van der Waals surface area contributed by atoms with Gasteiger partial charge in [0.15, 0.2) is 0 Å². The Hall–Kier alpha value is -0.560. The highest BCUT2D eigenvalue weighted by atomic mass is 32.2. The Bertz CT molecular complexity index is 448. The molecule has 0 fully saturated rings. The van der Waals surface area contributed by atoms with Crippen LogP contribution in [0.25, 0.3) is 0 Å². The van der Waals surface area contributed by atoms with Crippen molar-refractivity contribution in [2.24, 2.45) is 5.73 Å². The van der Waals surface area contributed by atoms with Gasteiger partial charge in [-0.05, 0) is 24.8 Å². The molecular formula is C12H19NO3S2. The monoisotopic (exact) mass is 289 g/mol. The summed E-state index contributed by atoms with van der Waals surface area (Å²) >= 11 is 4.38. The summed E-state index contributed by atoms with van der Waals surface area (Å²) in [6, 6.07) is 9.63. The minimum Gasteiger partial charge on any atom is -0.327 e. The summed E-state index contributed by atoms with van der Waals surface area (Å²) in [6.45, 7) is 0. The van der Waals surface area contributed by atoms with E-state index in [0.717, 1.165) is 12.8 Å². The van der Waals surface area contributed by atoms with Gasteiger partial charge in [-0.25, -0.2) is 0 Å². The smallest absolute Gasteiger partial charge is 0.264 e. The van der Waals surface area contributed by atoms with Crippen LogP contribution in [0.5, 0.6) is 0 Å². The molecule has 0 unspecified atom stereocenters. The number of hydrogen-bond acceptors (Lipinski definition) is 4. The molecule has 1 rings (SSSR count). The van der Waals surface area contributed by atoms with E-state index in [4.69, 9.17) is 10.3 Å². The van der Waals surface area contributed by atoms with Crippen molar-refractivity contribution >= 4 is 22.7 Å². The van der Waals surface area contributed by atoms with Crippen LogP contribution in [-0.4, -0.2) is 30.0 Å². The first-order valence-corrected chi connectivity index (χ1v) is 7.94. The molecule has 4 nitrogen and oxygen atoms in total. The molecule has 0 aliphatic rings. The minimum absolute atomic E-state index is 0.0769. The molecule has 0 saturated carbocycles. The lowest BCUT2D eigenvalue weighted by Gasteiger charge is -2.18. The molecule has 6 heteroatoms. The van der Waals surface area contributed by atoms with Gasteiger partial charge in [0.25, 0.3) is 10.1 Å². The maximum atomic E-state index is 10.6. The molecule has 3 N–H and O–H groups in total. The molecule has 0 aliphatic carbocycles. The van der Waals surface area contributed by atoms with Crippen molar-refractivity contribution in [1.82, 2.24) is 0 Å². The summed E-state index contributed by atoms with van der Waals surface area (Å²) in [5.41, 5.74) is 7.04. The normalized spacial score (nSPS) is 15.3. The number of hydrogen-bond donors (Lipinski definition) is 3. The number of nitrogens with two attached hydrogens (primary N) is 1. The fourth-order valence-corrected chi connectivity index (χ4v) is 2.50. The van der Waals surface area contributed by atoms with Crippen LogP contribution in [0.2, 0.25) is 0 Å². The van der Waals surface area contributed by atoms with Crippen LogP contribution in [0.1, 0.15) is 18.4 Å². The van der Waals surface area contributed by atoms with Gasteiger partial charge in [-0.15, -0.1) is 0 Å². The van der Waals surface area contributed by atoms with Gasteiger partial charge in [0.2, 0.25) is 0 Å². The van der Waals surface area contributed by atoms with Crippen molar-refractivity contribution in [3.05, 3.63) is 35.9 Å². The van der Waals surface area contributed by atoms with Crippen molar-refractivity contribution in [2.45, 2.75) is 30.6 Å². The number of aryl methyl sites for hydroxylation is 1. The van der Waals surface area contributed by atoms with E-state index in [1.807, 2.05) is 30.3 Å². The third-order valence-electron chi connectivity index (χ3n) is 2.77. The first-order chi connectivity index (χ1) is 8.38. The number of benzene rings is 1. The van der Waals surface area contributed by atoms with Crippen molar-refractivity contribution in [3.63, 3.8) is 0 Å². The summed E-state index contributed by atoms with van der Waals surface area (Å²) in [6.07, 6.45) is 1.86. The van der Waals surface area contributed by atoms with E-state index in [1.54, 1.807) is 0 Å². The second-order valence-electron chi connectivity index (χ2n) is 4.33. The zero-order chi connectivity index (χ0) is 13.6. The Labute approximate surface area is 114 Å². The number of rotatable bonds is 7. The minimum atomic E-state index is -3.93. The maximum absolute atomic E-state index is 10.6. The van der Waals surface area contributed by atoms with Crippen molar-refractivity contribution in [2.75, 3.05) is 5.75 Å². The van der Waals surface area contributed by atoms with E-state index in [0.29, 0.717) is 0 Å². The highest BCUT2D eigenvalue weighted by Gasteiger charge is 2.16. The van der Waals surface area contributed by atoms with Crippen molar-refractivity contribution < 1.29 is 13.0 Å². The summed E-state index contributed by atoms with van der Waals surface area (Å²) < 4.78 is 29.9. The molecule has 18 heavy (non-hydrogen) atoms. The molecule has 0 bridgehead atoms. The summed E-state index contributed by atoms with van der Waals surface area (Å²) in [5.74, 6) is -0.309. The van der Waals surface area contributed by atoms with Crippen LogP contribution in [-0.2, 0) is 16.5 Å². The van der Waals surface area contributed by atoms with Crippen LogP contribution >= 0.6 is 12.6 Å². The standard InChI is InChI=1S/C12H19NO3S2/c13-11(8-9-18(14,15)16)12(17)7-6-10-4-2-1-3-5-10/h1-5,11-12,17H,6-9,13H2,(H,14,15,16)/t11-,12-/m1/s1. The molecule has 0 aromatic heterocycles. The maximum Gasteiger partial charge on any atom is 0.264 e. The largest absolute Gasteiger partial charge is 0.327 e. The van der Waals surface area contributed by atoms with E-state index in [9.17, 15) is 8.42 Å². The lowest BCUT2D eigenvalue weighted by atomic mass is 10.0. The van der Waals surface area contributed by atoms with Crippen LogP contribution in [0.4, 0.5) is 0 Å². The Morgan fingerprint density at radius 3 is 2.39 bits per heavy atom. The van der Waals surface area contributed by atoms with E-state index in [1.165, 1.54) is 5.56 Å². The van der Waals surface area contributed by atoms with Gasteiger partial charge in [0.1, 0.15) is 0 Å². The second-order valence-corrected chi connectivity index (χ2v) is 6.57. The van der Waals surface area contributed by atoms with Gasteiger partial charge < -0.3 is 5.73 Å². The molecule has 0 spiro atoms. The predicted octanol–water partition coefficient (Wildman–Crippen LogP) is 1.52. The predicted molar refractivity (Wildman–Crippen MR) is 76.5 cm³/mol. The average molecular weight is 289 g/mol. The third kappa shape index (κ3) is 6.39. The van der Waals surface area contributed by atoms with Crippen molar-refractivity contribution in [1.29, 1.82) is 0 Å². The van der Waals surface area contributed by atoms with Gasteiger partial charge in [-0.2, -0.15) is 21.0 Å². The van der Waals surface area contributed by atoms with Gasteiger partial charge >= 0.3 is 0 Å². The zero-order valence-corrected chi connectivity index (χ0v) is 11.8. The van der Waals surface area contributed by atoms with Gasteiger partial charge in [0.05, 0.1) is 5.75 Å². The summed E-state index contributed by atoms with van der Waals surface area (Å²) in [4.78, 5) is 0. The molecular weight excluding hydrogens is 270 g/mol. The van der Waals surface area contributed by atoms with Gasteiger partial charge in [0, 0.05) is 11.3 Å². The Morgan fingerprint density at radius 1 is 1.22 bits per heavy atom. The summed E-state index contributed by atoms with van der Waals surface area (Å²) in [5, 5.41) is -0.0769. The summed E-state index contributed by atoms with van der Waals surface area (Å²) in [7, 11) is -3.93. The van der Waals surface area contributed by atoms with Gasteiger partial charge in [-0.3, -0.25) is 4.55 Å². The highest BCUT2D eigenvalue weighted by Crippen LogP contribution is 2.13. The SMILES string of the molecule is N[C@H](CCS(=O)(=O)O)[C@H](S)CCc1ccccc1.